The average molecular weight is 393 g/mol. The standard InChI is InChI=1S/C25H32N2O2/c1-5-24(28)26-22-14-15-23(16-22)27(4)25(29)21-12-10-20(11-13-21)19-8-6-18(7-9-19)17(2)3/h6-13,17,22-23H,5,14-16H2,1-4H3,(H,26,28). The van der Waals surface area contributed by atoms with Crippen LogP contribution in [-0.2, 0) is 4.79 Å². The molecule has 1 aliphatic rings. The van der Waals surface area contributed by atoms with Gasteiger partial charge in [0.15, 0.2) is 0 Å². The van der Waals surface area contributed by atoms with E-state index in [1.165, 1.54) is 5.56 Å². The van der Waals surface area contributed by atoms with E-state index < -0.39 is 0 Å². The van der Waals surface area contributed by atoms with Gasteiger partial charge in [-0.05, 0) is 54.0 Å². The van der Waals surface area contributed by atoms with Gasteiger partial charge in [-0.15, -0.1) is 0 Å². The first kappa shape index (κ1) is 21.1. The van der Waals surface area contributed by atoms with E-state index in [1.54, 1.807) is 0 Å². The lowest BCUT2D eigenvalue weighted by Crippen LogP contribution is -2.38. The molecule has 0 radical (unpaired) electrons. The Labute approximate surface area is 174 Å². The predicted molar refractivity (Wildman–Crippen MR) is 118 cm³/mol. The summed E-state index contributed by atoms with van der Waals surface area (Å²) in [6, 6.07) is 16.8. The monoisotopic (exact) mass is 392 g/mol. The molecule has 29 heavy (non-hydrogen) atoms. The maximum atomic E-state index is 12.9. The van der Waals surface area contributed by atoms with E-state index in [0.717, 1.165) is 30.4 Å². The molecule has 1 N–H and O–H groups in total. The Kier molecular flexibility index (Phi) is 6.73. The van der Waals surface area contributed by atoms with E-state index in [0.29, 0.717) is 17.9 Å². The average Bonchev–Trinajstić information content (AvgIpc) is 3.21. The molecule has 0 spiro atoms. The molecule has 0 aromatic heterocycles. The molecule has 2 atom stereocenters. The topological polar surface area (TPSA) is 49.4 Å². The van der Waals surface area contributed by atoms with Gasteiger partial charge in [-0.2, -0.15) is 0 Å². The van der Waals surface area contributed by atoms with Crippen LogP contribution in [-0.4, -0.2) is 35.8 Å². The molecule has 1 saturated carbocycles. The van der Waals surface area contributed by atoms with Gasteiger partial charge in [0.05, 0.1) is 0 Å². The van der Waals surface area contributed by atoms with Crippen molar-refractivity contribution in [2.75, 3.05) is 7.05 Å². The highest BCUT2D eigenvalue weighted by molar-refractivity contribution is 5.94. The number of rotatable bonds is 6. The predicted octanol–water partition coefficient (Wildman–Crippen LogP) is 5.00. The first-order chi connectivity index (χ1) is 13.9. The van der Waals surface area contributed by atoms with Gasteiger partial charge >= 0.3 is 0 Å². The molecule has 0 bridgehead atoms. The molecule has 2 unspecified atom stereocenters. The van der Waals surface area contributed by atoms with E-state index in [2.05, 4.69) is 43.4 Å². The fourth-order valence-electron chi connectivity index (χ4n) is 4.01. The SMILES string of the molecule is CCC(=O)NC1CCC(N(C)C(=O)c2ccc(-c3ccc(C(C)C)cc3)cc2)C1. The summed E-state index contributed by atoms with van der Waals surface area (Å²) in [7, 11) is 1.87. The number of hydrogen-bond donors (Lipinski definition) is 1. The number of amides is 2. The van der Waals surface area contributed by atoms with Gasteiger partial charge in [-0.1, -0.05) is 57.2 Å². The smallest absolute Gasteiger partial charge is 0.253 e. The van der Waals surface area contributed by atoms with Gasteiger partial charge in [0.25, 0.3) is 5.91 Å². The van der Waals surface area contributed by atoms with Crippen molar-refractivity contribution >= 4 is 11.8 Å². The zero-order valence-electron chi connectivity index (χ0n) is 17.9. The van der Waals surface area contributed by atoms with Crippen LogP contribution >= 0.6 is 0 Å². The van der Waals surface area contributed by atoms with Crippen molar-refractivity contribution in [3.05, 3.63) is 59.7 Å². The van der Waals surface area contributed by atoms with Crippen LogP contribution in [0, 0.1) is 0 Å². The molecule has 0 heterocycles. The maximum absolute atomic E-state index is 12.9. The van der Waals surface area contributed by atoms with Crippen molar-refractivity contribution in [1.29, 1.82) is 0 Å². The molecule has 4 nitrogen and oxygen atoms in total. The molecule has 2 aromatic rings. The summed E-state index contributed by atoms with van der Waals surface area (Å²) in [5.74, 6) is 0.644. The van der Waals surface area contributed by atoms with E-state index in [4.69, 9.17) is 0 Å². The van der Waals surface area contributed by atoms with Crippen molar-refractivity contribution in [3.63, 3.8) is 0 Å². The summed E-state index contributed by atoms with van der Waals surface area (Å²) in [5, 5.41) is 3.05. The quantitative estimate of drug-likeness (QED) is 0.752. The van der Waals surface area contributed by atoms with Crippen LogP contribution < -0.4 is 5.32 Å². The molecule has 1 fully saturated rings. The first-order valence-corrected chi connectivity index (χ1v) is 10.7. The summed E-state index contributed by atoms with van der Waals surface area (Å²) in [6.07, 6.45) is 3.19. The van der Waals surface area contributed by atoms with Gasteiger partial charge in [-0.25, -0.2) is 0 Å². The van der Waals surface area contributed by atoms with E-state index in [-0.39, 0.29) is 23.9 Å². The van der Waals surface area contributed by atoms with Crippen LogP contribution in [0.5, 0.6) is 0 Å². The number of nitrogens with one attached hydrogen (secondary N) is 1. The zero-order valence-corrected chi connectivity index (χ0v) is 17.9. The molecule has 0 aliphatic heterocycles. The number of benzene rings is 2. The van der Waals surface area contributed by atoms with Crippen LogP contribution in [0.2, 0.25) is 0 Å². The van der Waals surface area contributed by atoms with Gasteiger partial charge in [0, 0.05) is 31.1 Å². The normalized spacial score (nSPS) is 18.7. The van der Waals surface area contributed by atoms with E-state index in [1.807, 2.05) is 43.1 Å². The van der Waals surface area contributed by atoms with Gasteiger partial charge in [0.2, 0.25) is 5.91 Å². The third-order valence-electron chi connectivity index (χ3n) is 6.00. The number of carbonyl (C=O) groups excluding carboxylic acids is 2. The lowest BCUT2D eigenvalue weighted by Gasteiger charge is -2.25. The van der Waals surface area contributed by atoms with Crippen LogP contribution in [0.25, 0.3) is 11.1 Å². The minimum absolute atomic E-state index is 0.0409. The summed E-state index contributed by atoms with van der Waals surface area (Å²) in [6.45, 7) is 6.24. The van der Waals surface area contributed by atoms with Gasteiger partial charge in [0.1, 0.15) is 0 Å². The van der Waals surface area contributed by atoms with Crippen molar-refractivity contribution in [1.82, 2.24) is 10.2 Å². The second-order valence-corrected chi connectivity index (χ2v) is 8.35. The Morgan fingerprint density at radius 3 is 2.14 bits per heavy atom. The Morgan fingerprint density at radius 1 is 1.00 bits per heavy atom. The molecule has 3 rings (SSSR count). The maximum Gasteiger partial charge on any atom is 0.253 e. The Balaban J connectivity index is 1.63. The highest BCUT2D eigenvalue weighted by Crippen LogP contribution is 2.26. The van der Waals surface area contributed by atoms with Crippen LogP contribution in [0.1, 0.15) is 68.3 Å². The second kappa shape index (κ2) is 9.25. The largest absolute Gasteiger partial charge is 0.353 e. The van der Waals surface area contributed by atoms with Crippen LogP contribution in [0.3, 0.4) is 0 Å². The fourth-order valence-corrected chi connectivity index (χ4v) is 4.01. The third kappa shape index (κ3) is 5.06. The minimum atomic E-state index is 0.0409. The van der Waals surface area contributed by atoms with Gasteiger partial charge in [-0.3, -0.25) is 9.59 Å². The summed E-state index contributed by atoms with van der Waals surface area (Å²) in [4.78, 5) is 26.4. The molecular weight excluding hydrogens is 360 g/mol. The molecular formula is C25H32N2O2. The molecule has 4 heteroatoms. The molecule has 0 saturated heterocycles. The highest BCUT2D eigenvalue weighted by atomic mass is 16.2. The summed E-state index contributed by atoms with van der Waals surface area (Å²) in [5.41, 5.74) is 4.30. The molecule has 154 valence electrons. The zero-order chi connectivity index (χ0) is 21.0. The molecule has 2 aromatic carbocycles. The van der Waals surface area contributed by atoms with Crippen molar-refractivity contribution < 1.29 is 9.59 Å². The van der Waals surface area contributed by atoms with Crippen molar-refractivity contribution in [2.45, 2.75) is 64.5 Å². The molecule has 2 amide bonds. The Bertz CT molecular complexity index is 840. The van der Waals surface area contributed by atoms with E-state index in [9.17, 15) is 9.59 Å². The lowest BCUT2D eigenvalue weighted by atomic mass is 9.98. The summed E-state index contributed by atoms with van der Waals surface area (Å²) < 4.78 is 0. The lowest BCUT2D eigenvalue weighted by molar-refractivity contribution is -0.121. The fraction of sp³-hybridized carbons (Fsp3) is 0.440. The minimum Gasteiger partial charge on any atom is -0.353 e. The number of nitrogens with zero attached hydrogens (tertiary/aromatic N) is 1. The van der Waals surface area contributed by atoms with E-state index >= 15 is 0 Å². The highest BCUT2D eigenvalue weighted by Gasteiger charge is 2.30. The Hall–Kier alpha value is -2.62. The number of carbonyl (C=O) groups is 2. The summed E-state index contributed by atoms with van der Waals surface area (Å²) >= 11 is 0. The van der Waals surface area contributed by atoms with Crippen molar-refractivity contribution in [3.8, 4) is 11.1 Å². The van der Waals surface area contributed by atoms with Crippen LogP contribution in [0.4, 0.5) is 0 Å². The Morgan fingerprint density at radius 2 is 1.59 bits per heavy atom. The molecule has 1 aliphatic carbocycles. The second-order valence-electron chi connectivity index (χ2n) is 8.35. The number of hydrogen-bond acceptors (Lipinski definition) is 2. The van der Waals surface area contributed by atoms with Crippen LogP contribution in [0.15, 0.2) is 48.5 Å². The van der Waals surface area contributed by atoms with Crippen molar-refractivity contribution in [2.24, 2.45) is 0 Å². The third-order valence-corrected chi connectivity index (χ3v) is 6.00. The first-order valence-electron chi connectivity index (χ1n) is 10.7. The van der Waals surface area contributed by atoms with Gasteiger partial charge < -0.3 is 10.2 Å².